The Bertz CT molecular complexity index is 564. The molecule has 0 aliphatic carbocycles. The number of morpholine rings is 1. The highest BCUT2D eigenvalue weighted by Crippen LogP contribution is 2.33. The molecule has 1 saturated heterocycles. The average molecular weight is 294 g/mol. The van der Waals surface area contributed by atoms with Gasteiger partial charge < -0.3 is 9.47 Å². The van der Waals surface area contributed by atoms with Crippen LogP contribution in [-0.4, -0.2) is 43.2 Å². The van der Waals surface area contributed by atoms with Crippen LogP contribution in [0.2, 0.25) is 5.02 Å². The Hall–Kier alpha value is -1.36. The highest BCUT2D eigenvalue weighted by Gasteiger charge is 2.31. The zero-order chi connectivity index (χ0) is 14.1. The molecule has 106 valence electrons. The van der Waals surface area contributed by atoms with Gasteiger partial charge in [0.1, 0.15) is 5.75 Å². The third-order valence-electron chi connectivity index (χ3n) is 3.57. The van der Waals surface area contributed by atoms with Crippen LogP contribution in [0.15, 0.2) is 23.8 Å². The van der Waals surface area contributed by atoms with E-state index in [0.29, 0.717) is 23.8 Å². The number of ether oxygens (including phenoxy) is 2. The number of fused-ring (bicyclic) bond motifs is 1. The zero-order valence-corrected chi connectivity index (χ0v) is 12.0. The average Bonchev–Trinajstić information content (AvgIpc) is 2.46. The first-order chi connectivity index (χ1) is 9.65. The van der Waals surface area contributed by atoms with Crippen molar-refractivity contribution in [3.05, 3.63) is 34.4 Å². The van der Waals surface area contributed by atoms with Crippen LogP contribution < -0.4 is 4.74 Å². The number of benzene rings is 1. The summed E-state index contributed by atoms with van der Waals surface area (Å²) < 4.78 is 11.4. The molecule has 1 atom stereocenters. The smallest absolute Gasteiger partial charge is 0.182 e. The lowest BCUT2D eigenvalue weighted by Crippen LogP contribution is -2.49. The molecular formula is C15H16ClNO3. The van der Waals surface area contributed by atoms with Crippen molar-refractivity contribution in [3.8, 4) is 5.75 Å². The van der Waals surface area contributed by atoms with E-state index in [4.69, 9.17) is 21.1 Å². The molecule has 2 aliphatic rings. The highest BCUT2D eigenvalue weighted by molar-refractivity contribution is 6.30. The van der Waals surface area contributed by atoms with Gasteiger partial charge in [0.15, 0.2) is 12.0 Å². The number of nitrogens with zero attached hydrogens (tertiary/aromatic N) is 1. The molecule has 0 spiro atoms. The minimum Gasteiger partial charge on any atom is -0.470 e. The van der Waals surface area contributed by atoms with Crippen LogP contribution in [0.3, 0.4) is 0 Å². The van der Waals surface area contributed by atoms with Gasteiger partial charge in [0, 0.05) is 23.7 Å². The Kier molecular flexibility index (Phi) is 3.78. The largest absolute Gasteiger partial charge is 0.470 e. The second-order valence-electron chi connectivity index (χ2n) is 4.96. The molecule has 20 heavy (non-hydrogen) atoms. The van der Waals surface area contributed by atoms with E-state index in [9.17, 15) is 4.79 Å². The first-order valence-electron chi connectivity index (χ1n) is 6.65. The maximum Gasteiger partial charge on any atom is 0.182 e. The standard InChI is InChI=1S/C15H16ClNO3/c1-10(18)13-9-11-8-12(16)2-3-14(11)20-15(13)17-4-6-19-7-5-17/h2-3,8-9,15H,4-7H2,1H3/t15-/m1/s1. The molecule has 1 aromatic carbocycles. The van der Waals surface area contributed by atoms with Crippen molar-refractivity contribution >= 4 is 23.5 Å². The summed E-state index contributed by atoms with van der Waals surface area (Å²) in [6, 6.07) is 5.46. The summed E-state index contributed by atoms with van der Waals surface area (Å²) in [6.07, 6.45) is 1.55. The van der Waals surface area contributed by atoms with Crippen molar-refractivity contribution in [1.82, 2.24) is 4.90 Å². The molecule has 0 radical (unpaired) electrons. The first-order valence-corrected chi connectivity index (χ1v) is 7.03. The Morgan fingerprint density at radius 2 is 2.10 bits per heavy atom. The maximum absolute atomic E-state index is 11.9. The Morgan fingerprint density at radius 3 is 2.80 bits per heavy atom. The van der Waals surface area contributed by atoms with E-state index >= 15 is 0 Å². The molecule has 2 heterocycles. The monoisotopic (exact) mass is 293 g/mol. The number of halogens is 1. The molecule has 0 N–H and O–H groups in total. The predicted octanol–water partition coefficient (Wildman–Crippen LogP) is 2.36. The summed E-state index contributed by atoms with van der Waals surface area (Å²) in [5.74, 6) is 0.781. The highest BCUT2D eigenvalue weighted by atomic mass is 35.5. The molecule has 2 aliphatic heterocycles. The minimum absolute atomic E-state index is 0.0205. The summed E-state index contributed by atoms with van der Waals surface area (Å²) >= 11 is 5.99. The molecule has 1 fully saturated rings. The minimum atomic E-state index is -0.329. The van der Waals surface area contributed by atoms with Gasteiger partial charge in [-0.1, -0.05) is 11.6 Å². The van der Waals surface area contributed by atoms with Crippen molar-refractivity contribution in [2.75, 3.05) is 26.3 Å². The second-order valence-corrected chi connectivity index (χ2v) is 5.39. The van der Waals surface area contributed by atoms with Gasteiger partial charge in [-0.25, -0.2) is 0 Å². The molecular weight excluding hydrogens is 278 g/mol. The summed E-state index contributed by atoms with van der Waals surface area (Å²) in [5.41, 5.74) is 1.52. The normalized spacial score (nSPS) is 22.7. The van der Waals surface area contributed by atoms with E-state index in [1.54, 1.807) is 13.0 Å². The topological polar surface area (TPSA) is 38.8 Å². The van der Waals surface area contributed by atoms with Gasteiger partial charge in [-0.15, -0.1) is 0 Å². The lowest BCUT2D eigenvalue weighted by molar-refractivity contribution is -0.116. The second kappa shape index (κ2) is 5.56. The Balaban J connectivity index is 1.96. The molecule has 0 bridgehead atoms. The number of rotatable bonds is 2. The van der Waals surface area contributed by atoms with Crippen LogP contribution in [0, 0.1) is 0 Å². The van der Waals surface area contributed by atoms with Crippen LogP contribution in [0.1, 0.15) is 12.5 Å². The summed E-state index contributed by atoms with van der Waals surface area (Å²) in [5, 5.41) is 0.635. The van der Waals surface area contributed by atoms with E-state index in [-0.39, 0.29) is 12.0 Å². The molecule has 1 aromatic rings. The molecule has 0 saturated carbocycles. The van der Waals surface area contributed by atoms with Crippen molar-refractivity contribution in [2.45, 2.75) is 13.2 Å². The van der Waals surface area contributed by atoms with E-state index in [1.807, 2.05) is 18.2 Å². The number of carbonyl (C=O) groups is 1. The third-order valence-corrected chi connectivity index (χ3v) is 3.81. The van der Waals surface area contributed by atoms with E-state index in [2.05, 4.69) is 4.90 Å². The summed E-state index contributed by atoms with van der Waals surface area (Å²) in [6.45, 7) is 4.42. The number of Topliss-reactive ketones (excluding diaryl/α,β-unsaturated/α-hetero) is 1. The van der Waals surface area contributed by atoms with Gasteiger partial charge in [0.25, 0.3) is 0 Å². The van der Waals surface area contributed by atoms with Gasteiger partial charge in [-0.05, 0) is 31.2 Å². The van der Waals surface area contributed by atoms with Crippen LogP contribution >= 0.6 is 11.6 Å². The van der Waals surface area contributed by atoms with E-state index in [0.717, 1.165) is 24.4 Å². The fourth-order valence-electron chi connectivity index (χ4n) is 2.52. The Labute approximate surface area is 122 Å². The predicted molar refractivity (Wildman–Crippen MR) is 76.9 cm³/mol. The molecule has 0 unspecified atom stereocenters. The molecule has 4 nitrogen and oxygen atoms in total. The van der Waals surface area contributed by atoms with Gasteiger partial charge in [0.05, 0.1) is 18.8 Å². The zero-order valence-electron chi connectivity index (χ0n) is 11.3. The fraction of sp³-hybridized carbons (Fsp3) is 0.400. The van der Waals surface area contributed by atoms with E-state index < -0.39 is 0 Å². The number of hydrogen-bond donors (Lipinski definition) is 0. The van der Waals surface area contributed by atoms with Crippen molar-refractivity contribution < 1.29 is 14.3 Å². The van der Waals surface area contributed by atoms with Crippen molar-refractivity contribution in [3.63, 3.8) is 0 Å². The van der Waals surface area contributed by atoms with Crippen LogP contribution in [0.25, 0.3) is 6.08 Å². The van der Waals surface area contributed by atoms with Crippen LogP contribution in [-0.2, 0) is 9.53 Å². The molecule has 0 amide bonds. The van der Waals surface area contributed by atoms with E-state index in [1.165, 1.54) is 0 Å². The lowest BCUT2D eigenvalue weighted by atomic mass is 10.0. The molecule has 5 heteroatoms. The fourth-order valence-corrected chi connectivity index (χ4v) is 2.70. The number of hydrogen-bond acceptors (Lipinski definition) is 4. The first kappa shape index (κ1) is 13.6. The molecule has 0 aromatic heterocycles. The SMILES string of the molecule is CC(=O)C1=Cc2cc(Cl)ccc2O[C@H]1N1CCOCC1. The molecule has 3 rings (SSSR count). The van der Waals surface area contributed by atoms with Gasteiger partial charge >= 0.3 is 0 Å². The summed E-state index contributed by atoms with van der Waals surface area (Å²) in [4.78, 5) is 14.0. The van der Waals surface area contributed by atoms with Gasteiger partial charge in [0.2, 0.25) is 0 Å². The van der Waals surface area contributed by atoms with Crippen LogP contribution in [0.5, 0.6) is 5.75 Å². The number of carbonyl (C=O) groups excluding carboxylic acids is 1. The van der Waals surface area contributed by atoms with Crippen LogP contribution in [0.4, 0.5) is 0 Å². The van der Waals surface area contributed by atoms with Gasteiger partial charge in [-0.3, -0.25) is 9.69 Å². The maximum atomic E-state index is 11.9. The quantitative estimate of drug-likeness (QED) is 0.839. The number of ketones is 1. The van der Waals surface area contributed by atoms with Crippen molar-refractivity contribution in [2.24, 2.45) is 0 Å². The lowest BCUT2D eigenvalue weighted by Gasteiger charge is -2.37. The summed E-state index contributed by atoms with van der Waals surface area (Å²) in [7, 11) is 0. The van der Waals surface area contributed by atoms with Crippen molar-refractivity contribution in [1.29, 1.82) is 0 Å². The van der Waals surface area contributed by atoms with Gasteiger partial charge in [-0.2, -0.15) is 0 Å². The Morgan fingerprint density at radius 1 is 1.35 bits per heavy atom. The third kappa shape index (κ3) is 2.59.